The Hall–Kier alpha value is -1.75. The van der Waals surface area contributed by atoms with Crippen LogP contribution in [0.15, 0.2) is 18.2 Å². The average Bonchev–Trinajstić information content (AvgIpc) is 3.08. The number of hydrogen-bond acceptors (Lipinski definition) is 3. The molecular formula is C18H29N3O2. The summed E-state index contributed by atoms with van der Waals surface area (Å²) in [5, 5.41) is 5.81. The van der Waals surface area contributed by atoms with Crippen molar-refractivity contribution in [3.8, 4) is 5.75 Å². The number of para-hydroxylation sites is 1. The number of methoxy groups -OCH3 is 1. The summed E-state index contributed by atoms with van der Waals surface area (Å²) in [6.45, 7) is 3.66. The lowest BCUT2D eigenvalue weighted by molar-refractivity contribution is 0.237. The van der Waals surface area contributed by atoms with Crippen molar-refractivity contribution in [1.82, 2.24) is 10.2 Å². The molecule has 1 aromatic rings. The molecule has 0 aliphatic heterocycles. The largest absolute Gasteiger partial charge is 0.495 e. The van der Waals surface area contributed by atoms with E-state index in [0.29, 0.717) is 12.3 Å². The Balaban J connectivity index is 1.71. The van der Waals surface area contributed by atoms with Gasteiger partial charge in [-0.25, -0.2) is 4.79 Å². The Morgan fingerprint density at radius 3 is 2.78 bits per heavy atom. The Labute approximate surface area is 139 Å². The van der Waals surface area contributed by atoms with Crippen LogP contribution in [0.4, 0.5) is 10.5 Å². The van der Waals surface area contributed by atoms with Crippen LogP contribution in [0, 0.1) is 6.92 Å². The van der Waals surface area contributed by atoms with Crippen molar-refractivity contribution in [2.45, 2.75) is 45.1 Å². The summed E-state index contributed by atoms with van der Waals surface area (Å²) in [6, 6.07) is 6.27. The second-order valence-electron chi connectivity index (χ2n) is 6.31. The van der Waals surface area contributed by atoms with Crippen molar-refractivity contribution < 1.29 is 9.53 Å². The van der Waals surface area contributed by atoms with Gasteiger partial charge < -0.3 is 20.3 Å². The number of carbonyl (C=O) groups excluding carboxylic acids is 1. The van der Waals surface area contributed by atoms with E-state index in [1.165, 1.54) is 25.7 Å². The Kier molecular flexibility index (Phi) is 6.71. The smallest absolute Gasteiger partial charge is 0.319 e. The van der Waals surface area contributed by atoms with E-state index in [9.17, 15) is 4.79 Å². The Morgan fingerprint density at radius 2 is 2.09 bits per heavy atom. The molecule has 0 bridgehead atoms. The van der Waals surface area contributed by atoms with Crippen LogP contribution in [0.1, 0.15) is 37.7 Å². The van der Waals surface area contributed by atoms with Gasteiger partial charge in [0.25, 0.3) is 0 Å². The van der Waals surface area contributed by atoms with Gasteiger partial charge in [0.15, 0.2) is 0 Å². The van der Waals surface area contributed by atoms with E-state index in [2.05, 4.69) is 22.6 Å². The van der Waals surface area contributed by atoms with Crippen molar-refractivity contribution in [3.63, 3.8) is 0 Å². The monoisotopic (exact) mass is 319 g/mol. The quantitative estimate of drug-likeness (QED) is 0.758. The summed E-state index contributed by atoms with van der Waals surface area (Å²) in [5.74, 6) is 0.682. The maximum Gasteiger partial charge on any atom is 0.319 e. The summed E-state index contributed by atoms with van der Waals surface area (Å²) in [4.78, 5) is 14.5. The summed E-state index contributed by atoms with van der Waals surface area (Å²) in [6.07, 6.45) is 6.31. The third-order valence-electron chi connectivity index (χ3n) is 4.61. The fourth-order valence-electron chi connectivity index (χ4n) is 3.19. The molecular weight excluding hydrogens is 290 g/mol. The summed E-state index contributed by atoms with van der Waals surface area (Å²) >= 11 is 0. The first kappa shape index (κ1) is 17.6. The van der Waals surface area contributed by atoms with E-state index in [1.807, 2.05) is 25.1 Å². The first-order chi connectivity index (χ1) is 11.1. The van der Waals surface area contributed by atoms with Gasteiger partial charge in [0, 0.05) is 12.6 Å². The van der Waals surface area contributed by atoms with Gasteiger partial charge in [-0.2, -0.15) is 0 Å². The van der Waals surface area contributed by atoms with Crippen LogP contribution in [0.2, 0.25) is 0 Å². The van der Waals surface area contributed by atoms with Gasteiger partial charge in [0.1, 0.15) is 5.75 Å². The lowest BCUT2D eigenvalue weighted by Gasteiger charge is -2.23. The zero-order chi connectivity index (χ0) is 16.7. The molecule has 0 unspecified atom stereocenters. The molecule has 23 heavy (non-hydrogen) atoms. The summed E-state index contributed by atoms with van der Waals surface area (Å²) in [5.41, 5.74) is 1.72. The molecule has 1 aliphatic carbocycles. The number of nitrogens with zero attached hydrogens (tertiary/aromatic N) is 1. The van der Waals surface area contributed by atoms with Gasteiger partial charge in [-0.1, -0.05) is 25.0 Å². The third-order valence-corrected chi connectivity index (χ3v) is 4.61. The number of benzene rings is 1. The standard InChI is InChI=1S/C18H29N3O2/c1-14-8-6-11-16(23-3)17(14)20-18(22)19-12-7-13-21(2)15-9-4-5-10-15/h6,8,11,15H,4-5,7,9-10,12-13H2,1-3H3,(H2,19,20,22). The summed E-state index contributed by atoms with van der Waals surface area (Å²) < 4.78 is 5.29. The van der Waals surface area contributed by atoms with Crippen LogP contribution in [0.25, 0.3) is 0 Å². The molecule has 0 heterocycles. The number of hydrogen-bond donors (Lipinski definition) is 2. The Morgan fingerprint density at radius 1 is 1.35 bits per heavy atom. The van der Waals surface area contributed by atoms with Crippen molar-refractivity contribution in [1.29, 1.82) is 0 Å². The van der Waals surface area contributed by atoms with Crippen LogP contribution in [-0.4, -0.2) is 44.2 Å². The molecule has 2 amide bonds. The number of rotatable bonds is 7. The fraction of sp³-hybridized carbons (Fsp3) is 0.611. The minimum Gasteiger partial charge on any atom is -0.495 e. The lowest BCUT2D eigenvalue weighted by Crippen LogP contribution is -2.34. The second-order valence-corrected chi connectivity index (χ2v) is 6.31. The van der Waals surface area contributed by atoms with Crippen LogP contribution in [0.5, 0.6) is 5.75 Å². The highest BCUT2D eigenvalue weighted by Crippen LogP contribution is 2.27. The topological polar surface area (TPSA) is 53.6 Å². The van der Waals surface area contributed by atoms with E-state index in [4.69, 9.17) is 4.74 Å². The molecule has 0 spiro atoms. The number of urea groups is 1. The van der Waals surface area contributed by atoms with Gasteiger partial charge >= 0.3 is 6.03 Å². The maximum absolute atomic E-state index is 12.0. The maximum atomic E-state index is 12.0. The molecule has 5 nitrogen and oxygen atoms in total. The fourth-order valence-corrected chi connectivity index (χ4v) is 3.19. The summed E-state index contributed by atoms with van der Waals surface area (Å²) in [7, 11) is 3.80. The molecule has 2 rings (SSSR count). The van der Waals surface area contributed by atoms with Crippen LogP contribution in [-0.2, 0) is 0 Å². The van der Waals surface area contributed by atoms with Gasteiger partial charge in [-0.05, 0) is 51.4 Å². The minimum atomic E-state index is -0.180. The van der Waals surface area contributed by atoms with Gasteiger partial charge in [0.05, 0.1) is 12.8 Å². The van der Waals surface area contributed by atoms with Crippen molar-refractivity contribution in [2.24, 2.45) is 0 Å². The number of aryl methyl sites for hydroxylation is 1. The van der Waals surface area contributed by atoms with E-state index in [-0.39, 0.29) is 6.03 Å². The van der Waals surface area contributed by atoms with Crippen molar-refractivity contribution in [3.05, 3.63) is 23.8 Å². The first-order valence-corrected chi connectivity index (χ1v) is 8.50. The van der Waals surface area contributed by atoms with Crippen LogP contribution < -0.4 is 15.4 Å². The molecule has 1 saturated carbocycles. The molecule has 0 radical (unpaired) electrons. The first-order valence-electron chi connectivity index (χ1n) is 8.50. The predicted octanol–water partition coefficient (Wildman–Crippen LogP) is 3.39. The average molecular weight is 319 g/mol. The molecule has 128 valence electrons. The molecule has 1 aromatic carbocycles. The number of amides is 2. The Bertz CT molecular complexity index is 513. The number of ether oxygens (including phenoxy) is 1. The number of nitrogens with one attached hydrogen (secondary N) is 2. The van der Waals surface area contributed by atoms with Gasteiger partial charge in [0.2, 0.25) is 0 Å². The zero-order valence-corrected chi connectivity index (χ0v) is 14.5. The molecule has 2 N–H and O–H groups in total. The molecule has 1 fully saturated rings. The van der Waals surface area contributed by atoms with Gasteiger partial charge in [-0.15, -0.1) is 0 Å². The highest BCUT2D eigenvalue weighted by atomic mass is 16.5. The lowest BCUT2D eigenvalue weighted by atomic mass is 10.2. The van der Waals surface area contributed by atoms with Crippen LogP contribution in [0.3, 0.4) is 0 Å². The van der Waals surface area contributed by atoms with E-state index < -0.39 is 0 Å². The highest BCUT2D eigenvalue weighted by Gasteiger charge is 2.18. The van der Waals surface area contributed by atoms with Crippen molar-refractivity contribution in [2.75, 3.05) is 32.6 Å². The number of carbonyl (C=O) groups is 1. The van der Waals surface area contributed by atoms with E-state index >= 15 is 0 Å². The SMILES string of the molecule is COc1cccc(C)c1NC(=O)NCCCN(C)C1CCCC1. The normalized spacial score (nSPS) is 15.0. The van der Waals surface area contributed by atoms with Gasteiger partial charge in [-0.3, -0.25) is 0 Å². The highest BCUT2D eigenvalue weighted by molar-refractivity contribution is 5.91. The van der Waals surface area contributed by atoms with Crippen molar-refractivity contribution >= 4 is 11.7 Å². The molecule has 0 aromatic heterocycles. The van der Waals surface area contributed by atoms with Crippen LogP contribution >= 0.6 is 0 Å². The predicted molar refractivity (Wildman–Crippen MR) is 94.3 cm³/mol. The third kappa shape index (κ3) is 5.13. The second kappa shape index (κ2) is 8.77. The minimum absolute atomic E-state index is 0.180. The van der Waals surface area contributed by atoms with E-state index in [1.54, 1.807) is 7.11 Å². The number of anilines is 1. The van der Waals surface area contributed by atoms with E-state index in [0.717, 1.165) is 30.3 Å². The molecule has 0 atom stereocenters. The molecule has 5 heteroatoms. The molecule has 1 aliphatic rings. The zero-order valence-electron chi connectivity index (χ0n) is 14.5. The molecule has 0 saturated heterocycles.